The second-order valence-corrected chi connectivity index (χ2v) is 9.58. The van der Waals surface area contributed by atoms with Gasteiger partial charge in [-0.3, -0.25) is 0 Å². The summed E-state index contributed by atoms with van der Waals surface area (Å²) in [7, 11) is 0. The molecular formula is C22H30F2N8O. The lowest BCUT2D eigenvalue weighted by atomic mass is 10.0. The van der Waals surface area contributed by atoms with Gasteiger partial charge in [0, 0.05) is 49.5 Å². The van der Waals surface area contributed by atoms with E-state index in [9.17, 15) is 8.78 Å². The highest BCUT2D eigenvalue weighted by Crippen LogP contribution is 2.38. The number of halogens is 2. The number of alkyl halides is 2. The molecule has 2 aliphatic heterocycles. The Labute approximate surface area is 191 Å². The first-order chi connectivity index (χ1) is 15.8. The van der Waals surface area contributed by atoms with Crippen LogP contribution in [0.5, 0.6) is 0 Å². The van der Waals surface area contributed by atoms with E-state index >= 15 is 0 Å². The predicted octanol–water partition coefficient (Wildman–Crippen LogP) is 2.26. The SMILES string of the molecule is CC1(C)COCCN1c1nc(-c2cnc(N)cc2C(F)F)nc(N2CCNCC2C2CC2)n1. The minimum Gasteiger partial charge on any atom is -0.384 e. The molecule has 0 bridgehead atoms. The van der Waals surface area contributed by atoms with Gasteiger partial charge in [-0.2, -0.15) is 15.0 Å². The maximum Gasteiger partial charge on any atom is 0.264 e. The molecule has 3 N–H and O–H groups in total. The number of aromatic nitrogens is 4. The van der Waals surface area contributed by atoms with Crippen molar-refractivity contribution in [1.29, 1.82) is 0 Å². The molecule has 4 heterocycles. The van der Waals surface area contributed by atoms with Crippen LogP contribution in [-0.2, 0) is 4.74 Å². The fraction of sp³-hybridized carbons (Fsp3) is 0.636. The van der Waals surface area contributed by atoms with Crippen LogP contribution in [0.15, 0.2) is 12.3 Å². The third-order valence-electron chi connectivity index (χ3n) is 6.64. The standard InChI is InChI=1S/C22H30F2N8O/c1-22(2)12-33-8-7-32(22)21-29-19(15-10-27-17(25)9-14(15)18(23)24)28-20(30-21)31-6-5-26-11-16(31)13-3-4-13/h9-10,13,16,18,26H,3-8,11-12H2,1-2H3,(H2,25,27). The Hall–Kier alpha value is -2.66. The summed E-state index contributed by atoms with van der Waals surface area (Å²) in [5.41, 5.74) is 5.29. The highest BCUT2D eigenvalue weighted by Gasteiger charge is 2.39. The molecule has 5 rings (SSSR count). The first kappa shape index (κ1) is 22.1. The van der Waals surface area contributed by atoms with Gasteiger partial charge in [-0.1, -0.05) is 0 Å². The van der Waals surface area contributed by atoms with Gasteiger partial charge in [0.25, 0.3) is 6.43 Å². The number of anilines is 3. The number of rotatable bonds is 5. The lowest BCUT2D eigenvalue weighted by Crippen LogP contribution is -2.55. The molecule has 11 heteroatoms. The van der Waals surface area contributed by atoms with Crippen LogP contribution in [0.4, 0.5) is 26.5 Å². The van der Waals surface area contributed by atoms with Crippen molar-refractivity contribution in [2.45, 2.75) is 44.7 Å². The fourth-order valence-electron chi connectivity index (χ4n) is 4.68. The Morgan fingerprint density at radius 3 is 2.70 bits per heavy atom. The van der Waals surface area contributed by atoms with Crippen molar-refractivity contribution in [3.05, 3.63) is 17.8 Å². The number of morpholine rings is 1. The van der Waals surface area contributed by atoms with E-state index in [2.05, 4.69) is 38.9 Å². The Morgan fingerprint density at radius 2 is 1.97 bits per heavy atom. The van der Waals surface area contributed by atoms with Crippen LogP contribution in [-0.4, -0.2) is 70.9 Å². The number of pyridine rings is 1. The Kier molecular flexibility index (Phi) is 5.77. The van der Waals surface area contributed by atoms with Crippen molar-refractivity contribution in [3.8, 4) is 11.4 Å². The molecule has 178 valence electrons. The van der Waals surface area contributed by atoms with Crippen LogP contribution >= 0.6 is 0 Å². The molecule has 2 saturated heterocycles. The second-order valence-electron chi connectivity index (χ2n) is 9.58. The number of nitrogen functional groups attached to an aromatic ring is 1. The van der Waals surface area contributed by atoms with E-state index in [1.54, 1.807) is 0 Å². The molecule has 0 aromatic carbocycles. The monoisotopic (exact) mass is 460 g/mol. The van der Waals surface area contributed by atoms with Gasteiger partial charge in [-0.05, 0) is 38.7 Å². The summed E-state index contributed by atoms with van der Waals surface area (Å²) in [4.78, 5) is 22.6. The summed E-state index contributed by atoms with van der Waals surface area (Å²) in [5.74, 6) is 1.80. The molecule has 3 aliphatic rings. The molecule has 0 amide bonds. The van der Waals surface area contributed by atoms with Gasteiger partial charge in [-0.25, -0.2) is 13.8 Å². The van der Waals surface area contributed by atoms with Gasteiger partial charge in [0.2, 0.25) is 11.9 Å². The summed E-state index contributed by atoms with van der Waals surface area (Å²) >= 11 is 0. The van der Waals surface area contributed by atoms with Gasteiger partial charge in [0.05, 0.1) is 18.8 Å². The zero-order valence-electron chi connectivity index (χ0n) is 19.0. The van der Waals surface area contributed by atoms with Gasteiger partial charge >= 0.3 is 0 Å². The minimum atomic E-state index is -2.73. The number of piperazine rings is 1. The molecule has 9 nitrogen and oxygen atoms in total. The third-order valence-corrected chi connectivity index (χ3v) is 6.64. The van der Waals surface area contributed by atoms with E-state index < -0.39 is 6.43 Å². The van der Waals surface area contributed by atoms with Crippen molar-refractivity contribution in [2.24, 2.45) is 5.92 Å². The van der Waals surface area contributed by atoms with Crippen LogP contribution in [0.1, 0.15) is 38.7 Å². The van der Waals surface area contributed by atoms with Crippen LogP contribution in [0.25, 0.3) is 11.4 Å². The van der Waals surface area contributed by atoms with Crippen LogP contribution in [0.2, 0.25) is 0 Å². The largest absolute Gasteiger partial charge is 0.384 e. The van der Waals surface area contributed by atoms with Crippen molar-refractivity contribution in [2.75, 3.05) is 54.9 Å². The summed E-state index contributed by atoms with van der Waals surface area (Å²) in [6.07, 6.45) is 0.968. The average molecular weight is 461 g/mol. The number of nitrogens with two attached hydrogens (primary N) is 1. The maximum absolute atomic E-state index is 13.9. The molecular weight excluding hydrogens is 430 g/mol. The fourth-order valence-corrected chi connectivity index (χ4v) is 4.68. The van der Waals surface area contributed by atoms with Gasteiger partial charge in [0.1, 0.15) is 5.82 Å². The Morgan fingerprint density at radius 1 is 1.18 bits per heavy atom. The minimum absolute atomic E-state index is 0.0359. The van der Waals surface area contributed by atoms with Gasteiger partial charge in [-0.15, -0.1) is 0 Å². The summed E-state index contributed by atoms with van der Waals surface area (Å²) in [6.45, 7) is 8.20. The highest BCUT2D eigenvalue weighted by molar-refractivity contribution is 5.64. The van der Waals surface area contributed by atoms with Crippen molar-refractivity contribution in [1.82, 2.24) is 25.3 Å². The Balaban J connectivity index is 1.64. The zero-order chi connectivity index (χ0) is 23.2. The first-order valence-corrected chi connectivity index (χ1v) is 11.5. The number of nitrogens with one attached hydrogen (secondary N) is 1. The normalized spacial score (nSPS) is 23.2. The molecule has 0 radical (unpaired) electrons. The highest BCUT2D eigenvalue weighted by atomic mass is 19.3. The number of hydrogen-bond donors (Lipinski definition) is 2. The number of ether oxygens (including phenoxy) is 1. The van der Waals surface area contributed by atoms with Crippen molar-refractivity contribution in [3.63, 3.8) is 0 Å². The van der Waals surface area contributed by atoms with Crippen molar-refractivity contribution < 1.29 is 13.5 Å². The summed E-state index contributed by atoms with van der Waals surface area (Å²) in [5, 5.41) is 3.46. The molecule has 1 unspecified atom stereocenters. The van der Waals surface area contributed by atoms with Crippen LogP contribution in [0, 0.1) is 5.92 Å². The van der Waals surface area contributed by atoms with E-state index in [0.717, 1.165) is 19.6 Å². The van der Waals surface area contributed by atoms with Crippen molar-refractivity contribution >= 4 is 17.7 Å². The molecule has 0 spiro atoms. The summed E-state index contributed by atoms with van der Waals surface area (Å²) in [6, 6.07) is 1.47. The molecule has 1 aliphatic carbocycles. The van der Waals surface area contributed by atoms with Crippen LogP contribution < -0.4 is 20.9 Å². The Bertz CT molecular complexity index is 1020. The predicted molar refractivity (Wildman–Crippen MR) is 121 cm³/mol. The maximum atomic E-state index is 13.9. The van der Waals surface area contributed by atoms with E-state index in [1.807, 2.05) is 0 Å². The molecule has 3 fully saturated rings. The topological polar surface area (TPSA) is 105 Å². The molecule has 33 heavy (non-hydrogen) atoms. The molecule has 2 aromatic heterocycles. The zero-order valence-corrected chi connectivity index (χ0v) is 19.0. The summed E-state index contributed by atoms with van der Waals surface area (Å²) < 4.78 is 33.5. The van der Waals surface area contributed by atoms with Crippen LogP contribution in [0.3, 0.4) is 0 Å². The average Bonchev–Trinajstić information content (AvgIpc) is 3.64. The van der Waals surface area contributed by atoms with E-state index in [0.29, 0.717) is 37.6 Å². The van der Waals surface area contributed by atoms with Gasteiger partial charge < -0.3 is 25.6 Å². The lowest BCUT2D eigenvalue weighted by molar-refractivity contribution is 0.0634. The van der Waals surface area contributed by atoms with Gasteiger partial charge in [0.15, 0.2) is 5.82 Å². The molecule has 2 aromatic rings. The third kappa shape index (κ3) is 4.43. The molecule has 1 atom stereocenters. The number of hydrogen-bond acceptors (Lipinski definition) is 9. The van der Waals surface area contributed by atoms with E-state index in [4.69, 9.17) is 20.4 Å². The smallest absolute Gasteiger partial charge is 0.264 e. The molecule has 1 saturated carbocycles. The van der Waals surface area contributed by atoms with E-state index in [1.165, 1.54) is 25.1 Å². The quantitative estimate of drug-likeness (QED) is 0.695. The first-order valence-electron chi connectivity index (χ1n) is 11.5. The lowest BCUT2D eigenvalue weighted by Gasteiger charge is -2.42. The second kappa shape index (κ2) is 8.60. The van der Waals surface area contributed by atoms with E-state index in [-0.39, 0.29) is 34.3 Å². The number of nitrogens with zero attached hydrogens (tertiary/aromatic N) is 6.